The van der Waals surface area contributed by atoms with Crippen molar-refractivity contribution in [1.29, 1.82) is 0 Å². The fourth-order valence-electron chi connectivity index (χ4n) is 0.907. The van der Waals surface area contributed by atoms with E-state index >= 15 is 0 Å². The van der Waals surface area contributed by atoms with E-state index in [1.165, 1.54) is 0 Å². The molecule has 0 bridgehead atoms. The molecule has 0 amide bonds. The second-order valence-corrected chi connectivity index (χ2v) is 3.66. The summed E-state index contributed by atoms with van der Waals surface area (Å²) in [6.07, 6.45) is -0.773. The van der Waals surface area contributed by atoms with Crippen LogP contribution in [0.15, 0.2) is 0 Å². The molecule has 1 heterocycles. The molecule has 0 aliphatic carbocycles. The van der Waals surface area contributed by atoms with Gasteiger partial charge in [-0.25, -0.2) is 8.37 Å². The van der Waals surface area contributed by atoms with Gasteiger partial charge in [0.05, 0.1) is 13.2 Å². The molecule has 1 unspecified atom stereocenters. The Kier molecular flexibility index (Phi) is 6.16. The largest absolute Gasteiger partial charge is 0.412 e. The average Bonchev–Trinajstić information content (AvgIpc) is 2.04. The number of rotatable bonds is 4. The highest BCUT2D eigenvalue weighted by Gasteiger charge is 2.22. The van der Waals surface area contributed by atoms with Crippen LogP contribution in [0.5, 0.6) is 0 Å². The Labute approximate surface area is 83.0 Å². The van der Waals surface area contributed by atoms with Crippen molar-refractivity contribution < 1.29 is 27.0 Å². The molecule has 0 aromatic heterocycles. The maximum atomic E-state index is 10.9. The SMILES string of the molecule is CCOS(=O)(=O)OC1CNCCO1.O. The molecule has 0 radical (unpaired) electrons. The Bertz CT molecular complexity index is 235. The van der Waals surface area contributed by atoms with Gasteiger partial charge in [-0.3, -0.25) is 0 Å². The number of ether oxygens (including phenoxy) is 1. The van der Waals surface area contributed by atoms with Gasteiger partial charge in [-0.1, -0.05) is 0 Å². The third kappa shape index (κ3) is 4.84. The van der Waals surface area contributed by atoms with Gasteiger partial charge in [0, 0.05) is 13.1 Å². The van der Waals surface area contributed by atoms with Crippen molar-refractivity contribution in [3.8, 4) is 0 Å². The molecule has 1 saturated heterocycles. The van der Waals surface area contributed by atoms with Gasteiger partial charge in [-0.2, -0.15) is 8.42 Å². The zero-order valence-corrected chi connectivity index (χ0v) is 8.67. The van der Waals surface area contributed by atoms with E-state index in [-0.39, 0.29) is 12.1 Å². The van der Waals surface area contributed by atoms with Crippen molar-refractivity contribution in [1.82, 2.24) is 5.32 Å². The Morgan fingerprint density at radius 3 is 2.79 bits per heavy atom. The Morgan fingerprint density at radius 1 is 1.57 bits per heavy atom. The summed E-state index contributed by atoms with van der Waals surface area (Å²) in [5.41, 5.74) is 0. The van der Waals surface area contributed by atoms with Crippen LogP contribution in [0.25, 0.3) is 0 Å². The van der Waals surface area contributed by atoms with Gasteiger partial charge in [-0.15, -0.1) is 0 Å². The molecule has 1 rings (SSSR count). The molecule has 0 spiro atoms. The molecule has 3 N–H and O–H groups in total. The molecule has 1 fully saturated rings. The molecule has 1 aliphatic heterocycles. The first kappa shape index (κ1) is 13.8. The second kappa shape index (κ2) is 6.27. The summed E-state index contributed by atoms with van der Waals surface area (Å²) < 4.78 is 35.9. The Hall–Kier alpha value is -0.250. The zero-order chi connectivity index (χ0) is 9.73. The van der Waals surface area contributed by atoms with E-state index in [0.29, 0.717) is 19.7 Å². The number of hydrogen-bond donors (Lipinski definition) is 1. The molecule has 1 atom stereocenters. The molecular formula is C6H15NO6S. The highest BCUT2D eigenvalue weighted by atomic mass is 32.3. The summed E-state index contributed by atoms with van der Waals surface area (Å²) in [6, 6.07) is 0. The average molecular weight is 229 g/mol. The fraction of sp³-hybridized carbons (Fsp3) is 1.00. The van der Waals surface area contributed by atoms with Gasteiger partial charge in [0.25, 0.3) is 0 Å². The van der Waals surface area contributed by atoms with E-state index in [2.05, 4.69) is 13.7 Å². The summed E-state index contributed by atoms with van der Waals surface area (Å²) in [7, 11) is -3.90. The second-order valence-electron chi connectivity index (χ2n) is 2.42. The molecule has 86 valence electrons. The number of nitrogens with one attached hydrogen (secondary N) is 1. The number of hydrogen-bond acceptors (Lipinski definition) is 6. The quantitative estimate of drug-likeness (QED) is 0.622. The van der Waals surface area contributed by atoms with Crippen LogP contribution in [-0.4, -0.2) is 46.5 Å². The summed E-state index contributed by atoms with van der Waals surface area (Å²) >= 11 is 0. The Balaban J connectivity index is 0.00000169. The molecular weight excluding hydrogens is 214 g/mol. The van der Waals surface area contributed by atoms with Crippen LogP contribution in [-0.2, 0) is 23.5 Å². The van der Waals surface area contributed by atoms with Crippen LogP contribution in [0.4, 0.5) is 0 Å². The summed E-state index contributed by atoms with van der Waals surface area (Å²) in [6.45, 7) is 3.12. The molecule has 8 heteroatoms. The summed E-state index contributed by atoms with van der Waals surface area (Å²) in [5.74, 6) is 0. The third-order valence-electron chi connectivity index (χ3n) is 1.38. The highest BCUT2D eigenvalue weighted by Crippen LogP contribution is 2.05. The van der Waals surface area contributed by atoms with Gasteiger partial charge < -0.3 is 15.5 Å². The summed E-state index contributed by atoms with van der Waals surface area (Å²) in [4.78, 5) is 0. The van der Waals surface area contributed by atoms with E-state index in [0.717, 1.165) is 0 Å². The molecule has 14 heavy (non-hydrogen) atoms. The third-order valence-corrected chi connectivity index (χ3v) is 2.36. The summed E-state index contributed by atoms with van der Waals surface area (Å²) in [5, 5.41) is 2.93. The molecule has 1 aliphatic rings. The van der Waals surface area contributed by atoms with Crippen LogP contribution in [0, 0.1) is 0 Å². The smallest absolute Gasteiger partial charge is 0.402 e. The Morgan fingerprint density at radius 2 is 2.29 bits per heavy atom. The van der Waals surface area contributed by atoms with E-state index in [1.54, 1.807) is 6.92 Å². The maximum Gasteiger partial charge on any atom is 0.402 e. The van der Waals surface area contributed by atoms with E-state index in [1.807, 2.05) is 0 Å². The van der Waals surface area contributed by atoms with Crippen LogP contribution >= 0.6 is 0 Å². The monoisotopic (exact) mass is 229 g/mol. The minimum Gasteiger partial charge on any atom is -0.412 e. The van der Waals surface area contributed by atoms with Gasteiger partial charge in [0.15, 0.2) is 6.29 Å². The minimum absolute atomic E-state index is 0. The molecule has 0 aromatic carbocycles. The van der Waals surface area contributed by atoms with Crippen molar-refractivity contribution in [3.05, 3.63) is 0 Å². The molecule has 0 aromatic rings. The van der Waals surface area contributed by atoms with Gasteiger partial charge >= 0.3 is 10.4 Å². The highest BCUT2D eigenvalue weighted by molar-refractivity contribution is 7.81. The van der Waals surface area contributed by atoms with E-state index in [4.69, 9.17) is 4.74 Å². The van der Waals surface area contributed by atoms with Crippen molar-refractivity contribution in [2.24, 2.45) is 0 Å². The van der Waals surface area contributed by atoms with Crippen LogP contribution in [0.2, 0.25) is 0 Å². The van der Waals surface area contributed by atoms with Crippen LogP contribution in [0.1, 0.15) is 6.92 Å². The fourth-order valence-corrected chi connectivity index (χ4v) is 1.64. The van der Waals surface area contributed by atoms with Gasteiger partial charge in [0.2, 0.25) is 0 Å². The number of morpholine rings is 1. The lowest BCUT2D eigenvalue weighted by atomic mass is 10.5. The molecule has 0 saturated carbocycles. The zero-order valence-electron chi connectivity index (χ0n) is 7.86. The van der Waals surface area contributed by atoms with Crippen molar-refractivity contribution in [2.45, 2.75) is 13.2 Å². The first-order valence-corrected chi connectivity index (χ1v) is 5.37. The van der Waals surface area contributed by atoms with Gasteiger partial charge in [-0.05, 0) is 6.92 Å². The van der Waals surface area contributed by atoms with E-state index in [9.17, 15) is 8.42 Å². The van der Waals surface area contributed by atoms with Crippen molar-refractivity contribution >= 4 is 10.4 Å². The lowest BCUT2D eigenvalue weighted by Crippen LogP contribution is -2.41. The first-order valence-electron chi connectivity index (χ1n) is 4.04. The van der Waals surface area contributed by atoms with Crippen molar-refractivity contribution in [3.63, 3.8) is 0 Å². The van der Waals surface area contributed by atoms with Crippen LogP contribution in [0.3, 0.4) is 0 Å². The lowest BCUT2D eigenvalue weighted by Gasteiger charge is -2.22. The maximum absolute atomic E-state index is 10.9. The standard InChI is InChI=1S/C6H13NO5S.H2O/c1-2-11-13(8,9)12-6-5-7-3-4-10-6;/h6-7H,2-5H2,1H3;1H2. The van der Waals surface area contributed by atoms with Crippen LogP contribution < -0.4 is 5.32 Å². The predicted molar refractivity (Wildman–Crippen MR) is 47.9 cm³/mol. The lowest BCUT2D eigenvalue weighted by molar-refractivity contribution is -0.0972. The van der Waals surface area contributed by atoms with E-state index < -0.39 is 16.7 Å². The minimum atomic E-state index is -3.90. The molecule has 7 nitrogen and oxygen atoms in total. The topological polar surface area (TPSA) is 105 Å². The predicted octanol–water partition coefficient (Wildman–Crippen LogP) is -1.59. The van der Waals surface area contributed by atoms with Crippen molar-refractivity contribution in [2.75, 3.05) is 26.3 Å². The first-order chi connectivity index (χ1) is 6.14. The van der Waals surface area contributed by atoms with Gasteiger partial charge in [0.1, 0.15) is 0 Å². The normalized spacial score (nSPS) is 22.8.